The lowest BCUT2D eigenvalue weighted by Gasteiger charge is -2.25. The Morgan fingerprint density at radius 2 is 2.23 bits per heavy atom. The molecule has 0 aromatic carbocycles. The summed E-state index contributed by atoms with van der Waals surface area (Å²) in [4.78, 5) is 11.3. The first-order chi connectivity index (χ1) is 6.18. The smallest absolute Gasteiger partial charge is 0.309 e. The zero-order chi connectivity index (χ0) is 9.42. The molecule has 1 saturated heterocycles. The molecule has 0 bridgehead atoms. The molecule has 1 heterocycles. The van der Waals surface area contributed by atoms with Crippen LogP contribution in [0, 0.1) is 23.7 Å². The zero-order valence-electron chi connectivity index (χ0n) is 8.19. The highest BCUT2D eigenvalue weighted by Crippen LogP contribution is 2.36. The molecule has 2 heteroatoms. The summed E-state index contributed by atoms with van der Waals surface area (Å²) < 4.78 is 5.04. The summed E-state index contributed by atoms with van der Waals surface area (Å²) in [6.45, 7) is 5.01. The minimum absolute atomic E-state index is 0.0139. The van der Waals surface area contributed by atoms with E-state index in [0.717, 1.165) is 6.42 Å². The Morgan fingerprint density at radius 1 is 1.46 bits per heavy atom. The fourth-order valence-electron chi connectivity index (χ4n) is 2.19. The normalized spacial score (nSPS) is 37.8. The van der Waals surface area contributed by atoms with E-state index >= 15 is 0 Å². The molecule has 0 spiro atoms. The van der Waals surface area contributed by atoms with Gasteiger partial charge in [0.1, 0.15) is 0 Å². The van der Waals surface area contributed by atoms with Crippen molar-refractivity contribution < 1.29 is 9.53 Å². The summed E-state index contributed by atoms with van der Waals surface area (Å²) in [5.74, 6) is 1.72. The quantitative estimate of drug-likeness (QED) is 0.456. The Labute approximate surface area is 79.0 Å². The SMILES string of the molecule is CC(C)[C@@H]1C=C[C@@H]2COC(=O)[C@@H]2C1. The van der Waals surface area contributed by atoms with Crippen molar-refractivity contribution in [2.75, 3.05) is 6.61 Å². The average Bonchev–Trinajstić information content (AvgIpc) is 2.47. The van der Waals surface area contributed by atoms with Gasteiger partial charge < -0.3 is 4.74 Å². The molecule has 3 atom stereocenters. The van der Waals surface area contributed by atoms with Gasteiger partial charge in [-0.1, -0.05) is 26.0 Å². The molecule has 0 amide bonds. The van der Waals surface area contributed by atoms with E-state index in [2.05, 4.69) is 26.0 Å². The number of fused-ring (bicyclic) bond motifs is 1. The van der Waals surface area contributed by atoms with Gasteiger partial charge in [-0.3, -0.25) is 4.79 Å². The molecule has 13 heavy (non-hydrogen) atoms. The summed E-state index contributed by atoms with van der Waals surface area (Å²) in [6.07, 6.45) is 5.41. The number of allylic oxidation sites excluding steroid dienone is 1. The second-order valence-electron chi connectivity index (χ2n) is 4.43. The number of hydrogen-bond acceptors (Lipinski definition) is 2. The maximum Gasteiger partial charge on any atom is 0.309 e. The lowest BCUT2D eigenvalue weighted by molar-refractivity contribution is -0.141. The number of cyclic esters (lactones) is 1. The molecule has 2 nitrogen and oxygen atoms in total. The van der Waals surface area contributed by atoms with Crippen LogP contribution in [0.5, 0.6) is 0 Å². The van der Waals surface area contributed by atoms with Gasteiger partial charge in [0.15, 0.2) is 0 Å². The van der Waals surface area contributed by atoms with E-state index < -0.39 is 0 Å². The van der Waals surface area contributed by atoms with Crippen molar-refractivity contribution in [1.82, 2.24) is 0 Å². The number of hydrogen-bond donors (Lipinski definition) is 0. The van der Waals surface area contributed by atoms with E-state index in [9.17, 15) is 4.79 Å². The second-order valence-corrected chi connectivity index (χ2v) is 4.43. The molecule has 0 aromatic heterocycles. The average molecular weight is 180 g/mol. The van der Waals surface area contributed by atoms with Crippen LogP contribution < -0.4 is 0 Å². The summed E-state index contributed by atoms with van der Waals surface area (Å²) in [5, 5.41) is 0. The molecular weight excluding hydrogens is 164 g/mol. The molecule has 0 unspecified atom stereocenters. The lowest BCUT2D eigenvalue weighted by atomic mass is 9.77. The number of ether oxygens (including phenoxy) is 1. The highest BCUT2D eigenvalue weighted by molar-refractivity contribution is 5.75. The van der Waals surface area contributed by atoms with Crippen LogP contribution in [0.25, 0.3) is 0 Å². The van der Waals surface area contributed by atoms with Gasteiger partial charge in [0.05, 0.1) is 12.5 Å². The summed E-state index contributed by atoms with van der Waals surface area (Å²) in [7, 11) is 0. The van der Waals surface area contributed by atoms with E-state index in [1.54, 1.807) is 0 Å². The minimum Gasteiger partial charge on any atom is -0.465 e. The molecule has 1 aliphatic heterocycles. The molecule has 1 aliphatic carbocycles. The minimum atomic E-state index is 0.0139. The van der Waals surface area contributed by atoms with Crippen LogP contribution >= 0.6 is 0 Å². The van der Waals surface area contributed by atoms with Crippen molar-refractivity contribution in [3.05, 3.63) is 12.2 Å². The predicted octanol–water partition coefficient (Wildman–Crippen LogP) is 2.01. The van der Waals surface area contributed by atoms with Crippen LogP contribution in [0.1, 0.15) is 20.3 Å². The van der Waals surface area contributed by atoms with Gasteiger partial charge in [0, 0.05) is 5.92 Å². The van der Waals surface area contributed by atoms with Crippen molar-refractivity contribution in [2.24, 2.45) is 23.7 Å². The Bertz CT molecular complexity index is 242. The number of carbonyl (C=O) groups is 1. The Hall–Kier alpha value is -0.790. The molecular formula is C11H16O2. The zero-order valence-corrected chi connectivity index (χ0v) is 8.19. The molecule has 2 rings (SSSR count). The predicted molar refractivity (Wildman–Crippen MR) is 50.0 cm³/mol. The molecule has 2 aliphatic rings. The molecule has 0 aromatic rings. The van der Waals surface area contributed by atoms with Gasteiger partial charge in [-0.25, -0.2) is 0 Å². The number of carbonyl (C=O) groups excluding carboxylic acids is 1. The second kappa shape index (κ2) is 3.17. The van der Waals surface area contributed by atoms with Crippen LogP contribution in [-0.2, 0) is 9.53 Å². The third-order valence-corrected chi connectivity index (χ3v) is 3.23. The third-order valence-electron chi connectivity index (χ3n) is 3.23. The van der Waals surface area contributed by atoms with Gasteiger partial charge in [0.25, 0.3) is 0 Å². The van der Waals surface area contributed by atoms with Crippen molar-refractivity contribution in [1.29, 1.82) is 0 Å². The van der Waals surface area contributed by atoms with Crippen molar-refractivity contribution >= 4 is 5.97 Å². The summed E-state index contributed by atoms with van der Waals surface area (Å²) in [6, 6.07) is 0. The number of rotatable bonds is 1. The first-order valence-electron chi connectivity index (χ1n) is 5.03. The first kappa shape index (κ1) is 8.79. The van der Waals surface area contributed by atoms with Crippen LogP contribution in [0.4, 0.5) is 0 Å². The van der Waals surface area contributed by atoms with Crippen LogP contribution in [0.15, 0.2) is 12.2 Å². The van der Waals surface area contributed by atoms with Crippen molar-refractivity contribution in [3.8, 4) is 0 Å². The number of esters is 1. The van der Waals surface area contributed by atoms with E-state index in [0.29, 0.717) is 24.4 Å². The monoisotopic (exact) mass is 180 g/mol. The van der Waals surface area contributed by atoms with Gasteiger partial charge in [-0.2, -0.15) is 0 Å². The fraction of sp³-hybridized carbons (Fsp3) is 0.727. The Balaban J connectivity index is 2.12. The third kappa shape index (κ3) is 1.50. The van der Waals surface area contributed by atoms with E-state index in [1.807, 2.05) is 0 Å². The maximum atomic E-state index is 11.3. The topological polar surface area (TPSA) is 26.3 Å². The highest BCUT2D eigenvalue weighted by Gasteiger charge is 2.39. The maximum absolute atomic E-state index is 11.3. The van der Waals surface area contributed by atoms with E-state index in [-0.39, 0.29) is 11.9 Å². The highest BCUT2D eigenvalue weighted by atomic mass is 16.5. The van der Waals surface area contributed by atoms with Gasteiger partial charge >= 0.3 is 5.97 Å². The van der Waals surface area contributed by atoms with Crippen LogP contribution in [0.2, 0.25) is 0 Å². The summed E-state index contributed by atoms with van der Waals surface area (Å²) in [5.41, 5.74) is 0. The van der Waals surface area contributed by atoms with E-state index in [4.69, 9.17) is 4.74 Å². The standard InChI is InChI=1S/C11H16O2/c1-7(2)8-3-4-9-6-13-11(12)10(9)5-8/h3-4,7-10H,5-6H2,1-2H3/t8-,9-,10-/m1/s1. The van der Waals surface area contributed by atoms with Crippen molar-refractivity contribution in [3.63, 3.8) is 0 Å². The molecule has 0 saturated carbocycles. The lowest BCUT2D eigenvalue weighted by Crippen LogP contribution is -2.24. The Kier molecular flexibility index (Phi) is 2.14. The molecule has 1 fully saturated rings. The largest absolute Gasteiger partial charge is 0.465 e. The van der Waals surface area contributed by atoms with Crippen LogP contribution in [0.3, 0.4) is 0 Å². The van der Waals surface area contributed by atoms with Gasteiger partial charge in [-0.05, 0) is 18.3 Å². The van der Waals surface area contributed by atoms with Gasteiger partial charge in [-0.15, -0.1) is 0 Å². The van der Waals surface area contributed by atoms with E-state index in [1.165, 1.54) is 0 Å². The molecule has 0 N–H and O–H groups in total. The van der Waals surface area contributed by atoms with Crippen LogP contribution in [-0.4, -0.2) is 12.6 Å². The van der Waals surface area contributed by atoms with Gasteiger partial charge in [0.2, 0.25) is 0 Å². The Morgan fingerprint density at radius 3 is 2.92 bits per heavy atom. The fourth-order valence-corrected chi connectivity index (χ4v) is 2.19. The summed E-state index contributed by atoms with van der Waals surface area (Å²) >= 11 is 0. The van der Waals surface area contributed by atoms with Crippen molar-refractivity contribution in [2.45, 2.75) is 20.3 Å². The molecule has 72 valence electrons. The first-order valence-corrected chi connectivity index (χ1v) is 5.03. The molecule has 0 radical (unpaired) electrons.